The van der Waals surface area contributed by atoms with Crippen molar-refractivity contribution >= 4 is 17.3 Å². The molecule has 1 heterocycles. The molecule has 4 heteroatoms. The maximum atomic E-state index is 6.07. The van der Waals surface area contributed by atoms with Crippen LogP contribution >= 0.6 is 11.6 Å². The number of nitrogen functional groups attached to an aromatic ring is 1. The molecule has 0 radical (unpaired) electrons. The summed E-state index contributed by atoms with van der Waals surface area (Å²) in [6, 6.07) is 9.29. The quantitative estimate of drug-likeness (QED) is 0.887. The van der Waals surface area contributed by atoms with E-state index in [0.29, 0.717) is 16.5 Å². The van der Waals surface area contributed by atoms with Crippen LogP contribution in [0.3, 0.4) is 0 Å². The summed E-state index contributed by atoms with van der Waals surface area (Å²) in [5.41, 5.74) is 9.03. The number of anilines is 1. The molecule has 0 atom stereocenters. The number of hydrogen-bond acceptors (Lipinski definition) is 3. The van der Waals surface area contributed by atoms with Crippen molar-refractivity contribution in [3.8, 4) is 17.0 Å². The lowest BCUT2D eigenvalue weighted by atomic mass is 10.1. The largest absolute Gasteiger partial charge is 0.495 e. The molecular formula is C13H13ClN2O. The Morgan fingerprint density at radius 1 is 1.24 bits per heavy atom. The molecule has 0 bridgehead atoms. The molecule has 0 amide bonds. The monoisotopic (exact) mass is 248 g/mol. The van der Waals surface area contributed by atoms with Gasteiger partial charge in [-0.05, 0) is 37.3 Å². The average Bonchev–Trinajstić information content (AvgIpc) is 2.32. The van der Waals surface area contributed by atoms with Crippen LogP contribution in [-0.2, 0) is 0 Å². The summed E-state index contributed by atoms with van der Waals surface area (Å²) in [6.07, 6.45) is 0. The fourth-order valence-corrected chi connectivity index (χ4v) is 1.82. The number of rotatable bonds is 2. The maximum Gasteiger partial charge on any atom is 0.137 e. The standard InChI is InChI=1S/C13H13ClN2O/c1-8-11(15)4-5-12(16-8)9-3-6-13(17-2)10(14)7-9/h3-7H,15H2,1-2H3. The van der Waals surface area contributed by atoms with Crippen molar-refractivity contribution in [2.24, 2.45) is 0 Å². The minimum absolute atomic E-state index is 0.571. The van der Waals surface area contributed by atoms with Crippen LogP contribution in [0.2, 0.25) is 5.02 Å². The Morgan fingerprint density at radius 3 is 2.59 bits per heavy atom. The topological polar surface area (TPSA) is 48.1 Å². The van der Waals surface area contributed by atoms with E-state index in [0.717, 1.165) is 17.0 Å². The van der Waals surface area contributed by atoms with Gasteiger partial charge in [0.1, 0.15) is 5.75 Å². The highest BCUT2D eigenvalue weighted by Gasteiger charge is 2.06. The van der Waals surface area contributed by atoms with Crippen LogP contribution in [0.5, 0.6) is 5.75 Å². The Labute approximate surface area is 105 Å². The van der Waals surface area contributed by atoms with Crippen LogP contribution in [-0.4, -0.2) is 12.1 Å². The van der Waals surface area contributed by atoms with Crippen LogP contribution in [0.1, 0.15) is 5.69 Å². The minimum atomic E-state index is 0.571. The average molecular weight is 249 g/mol. The molecule has 1 aromatic heterocycles. The number of halogens is 1. The van der Waals surface area contributed by atoms with Crippen LogP contribution in [0.25, 0.3) is 11.3 Å². The van der Waals surface area contributed by atoms with Gasteiger partial charge in [-0.2, -0.15) is 0 Å². The molecule has 0 saturated carbocycles. The summed E-state index contributed by atoms with van der Waals surface area (Å²) in [6.45, 7) is 1.88. The van der Waals surface area contributed by atoms with Crippen molar-refractivity contribution in [2.75, 3.05) is 12.8 Å². The van der Waals surface area contributed by atoms with Gasteiger partial charge in [-0.25, -0.2) is 0 Å². The molecule has 0 spiro atoms. The van der Waals surface area contributed by atoms with Crippen molar-refractivity contribution < 1.29 is 4.74 Å². The molecule has 0 aliphatic heterocycles. The Morgan fingerprint density at radius 2 is 2.00 bits per heavy atom. The van der Waals surface area contributed by atoms with E-state index in [1.165, 1.54) is 0 Å². The number of aromatic nitrogens is 1. The Bertz CT molecular complexity index is 555. The first-order chi connectivity index (χ1) is 8.11. The second-order valence-corrected chi connectivity index (χ2v) is 4.13. The molecule has 17 heavy (non-hydrogen) atoms. The van der Waals surface area contributed by atoms with Gasteiger partial charge in [0.05, 0.1) is 29.2 Å². The zero-order valence-corrected chi connectivity index (χ0v) is 10.5. The molecule has 0 saturated heterocycles. The van der Waals surface area contributed by atoms with Gasteiger partial charge in [0, 0.05) is 5.56 Å². The lowest BCUT2D eigenvalue weighted by molar-refractivity contribution is 0.415. The summed E-state index contributed by atoms with van der Waals surface area (Å²) >= 11 is 6.07. The van der Waals surface area contributed by atoms with E-state index in [1.54, 1.807) is 7.11 Å². The van der Waals surface area contributed by atoms with Crippen molar-refractivity contribution in [1.82, 2.24) is 4.98 Å². The van der Waals surface area contributed by atoms with Gasteiger partial charge in [0.25, 0.3) is 0 Å². The lowest BCUT2D eigenvalue weighted by Gasteiger charge is -2.07. The SMILES string of the molecule is COc1ccc(-c2ccc(N)c(C)n2)cc1Cl. The summed E-state index contributed by atoms with van der Waals surface area (Å²) in [5, 5.41) is 0.571. The highest BCUT2D eigenvalue weighted by molar-refractivity contribution is 6.32. The molecule has 1 aromatic carbocycles. The maximum absolute atomic E-state index is 6.07. The van der Waals surface area contributed by atoms with Crippen LogP contribution in [0, 0.1) is 6.92 Å². The molecule has 0 fully saturated rings. The number of nitrogens with two attached hydrogens (primary N) is 1. The molecule has 88 valence electrons. The van der Waals surface area contributed by atoms with Crippen molar-refractivity contribution in [3.05, 3.63) is 41.0 Å². The fourth-order valence-electron chi connectivity index (χ4n) is 1.56. The van der Waals surface area contributed by atoms with E-state index in [1.807, 2.05) is 37.3 Å². The first-order valence-electron chi connectivity index (χ1n) is 5.19. The third-order valence-corrected chi connectivity index (χ3v) is 2.87. The highest BCUT2D eigenvalue weighted by Crippen LogP contribution is 2.29. The molecule has 0 aliphatic carbocycles. The molecule has 3 nitrogen and oxygen atoms in total. The van der Waals surface area contributed by atoms with E-state index >= 15 is 0 Å². The third kappa shape index (κ3) is 2.34. The van der Waals surface area contributed by atoms with Crippen LogP contribution < -0.4 is 10.5 Å². The summed E-state index contributed by atoms with van der Waals surface area (Å²) in [7, 11) is 1.59. The highest BCUT2D eigenvalue weighted by atomic mass is 35.5. The summed E-state index contributed by atoms with van der Waals surface area (Å²) < 4.78 is 5.11. The Hall–Kier alpha value is -1.74. The normalized spacial score (nSPS) is 10.3. The number of nitrogens with zero attached hydrogens (tertiary/aromatic N) is 1. The number of methoxy groups -OCH3 is 1. The number of aryl methyl sites for hydroxylation is 1. The molecule has 2 aromatic rings. The number of ether oxygens (including phenoxy) is 1. The van der Waals surface area contributed by atoms with Crippen molar-refractivity contribution in [3.63, 3.8) is 0 Å². The van der Waals surface area contributed by atoms with Gasteiger partial charge in [-0.15, -0.1) is 0 Å². The second-order valence-electron chi connectivity index (χ2n) is 3.72. The Balaban J connectivity index is 2.46. The second kappa shape index (κ2) is 4.63. The van der Waals surface area contributed by atoms with Gasteiger partial charge in [-0.1, -0.05) is 11.6 Å². The van der Waals surface area contributed by atoms with Gasteiger partial charge in [0.15, 0.2) is 0 Å². The smallest absolute Gasteiger partial charge is 0.137 e. The summed E-state index contributed by atoms with van der Waals surface area (Å²) in [4.78, 5) is 4.42. The number of hydrogen-bond donors (Lipinski definition) is 1. The van der Waals surface area contributed by atoms with Gasteiger partial charge in [0.2, 0.25) is 0 Å². The molecule has 2 rings (SSSR count). The van der Waals surface area contributed by atoms with Crippen LogP contribution in [0.4, 0.5) is 5.69 Å². The zero-order chi connectivity index (χ0) is 12.4. The first-order valence-corrected chi connectivity index (χ1v) is 5.56. The predicted molar refractivity (Wildman–Crippen MR) is 70.4 cm³/mol. The van der Waals surface area contributed by atoms with Gasteiger partial charge < -0.3 is 10.5 Å². The predicted octanol–water partition coefficient (Wildman–Crippen LogP) is 3.30. The van der Waals surface area contributed by atoms with E-state index in [9.17, 15) is 0 Å². The summed E-state index contributed by atoms with van der Waals surface area (Å²) in [5.74, 6) is 0.655. The van der Waals surface area contributed by atoms with Crippen molar-refractivity contribution in [2.45, 2.75) is 6.92 Å². The molecular weight excluding hydrogens is 236 g/mol. The number of benzene rings is 1. The van der Waals surface area contributed by atoms with Crippen molar-refractivity contribution in [1.29, 1.82) is 0 Å². The van der Waals surface area contributed by atoms with Gasteiger partial charge >= 0.3 is 0 Å². The Kier molecular flexibility index (Phi) is 3.20. The lowest BCUT2D eigenvalue weighted by Crippen LogP contribution is -1.94. The molecule has 0 unspecified atom stereocenters. The fraction of sp³-hybridized carbons (Fsp3) is 0.154. The van der Waals surface area contributed by atoms with E-state index in [2.05, 4.69) is 4.98 Å². The molecule has 2 N–H and O–H groups in total. The van der Waals surface area contributed by atoms with E-state index < -0.39 is 0 Å². The minimum Gasteiger partial charge on any atom is -0.495 e. The first kappa shape index (κ1) is 11.7. The van der Waals surface area contributed by atoms with E-state index in [4.69, 9.17) is 22.1 Å². The van der Waals surface area contributed by atoms with E-state index in [-0.39, 0.29) is 0 Å². The third-order valence-electron chi connectivity index (χ3n) is 2.57. The molecule has 0 aliphatic rings. The van der Waals surface area contributed by atoms with Gasteiger partial charge in [-0.3, -0.25) is 4.98 Å². The number of pyridine rings is 1. The van der Waals surface area contributed by atoms with Crippen LogP contribution in [0.15, 0.2) is 30.3 Å². The zero-order valence-electron chi connectivity index (χ0n) is 9.70.